The van der Waals surface area contributed by atoms with E-state index in [-0.39, 0.29) is 6.23 Å². The van der Waals surface area contributed by atoms with Crippen molar-refractivity contribution in [3.8, 4) is 0 Å². The van der Waals surface area contributed by atoms with Gasteiger partial charge in [0.1, 0.15) is 6.23 Å². The molecule has 84 valence electrons. The predicted molar refractivity (Wildman–Crippen MR) is 65.9 cm³/mol. The molecule has 0 amide bonds. The van der Waals surface area contributed by atoms with Crippen molar-refractivity contribution < 1.29 is 4.74 Å². The van der Waals surface area contributed by atoms with Crippen LogP contribution in [0.2, 0.25) is 0 Å². The fourth-order valence-corrected chi connectivity index (χ4v) is 2.51. The zero-order valence-electron chi connectivity index (χ0n) is 8.77. The number of rotatable bonds is 2. The molecule has 0 radical (unpaired) electrons. The van der Waals surface area contributed by atoms with E-state index < -0.39 is 0 Å². The highest BCUT2D eigenvalue weighted by molar-refractivity contribution is 7.16. The van der Waals surface area contributed by atoms with E-state index in [9.17, 15) is 0 Å². The molecule has 1 aromatic heterocycles. The van der Waals surface area contributed by atoms with Crippen LogP contribution in [0.25, 0.3) is 10.2 Å². The first-order valence-corrected chi connectivity index (χ1v) is 6.22. The number of morpholine rings is 1. The smallest absolute Gasteiger partial charge is 0.140 e. The summed E-state index contributed by atoms with van der Waals surface area (Å²) in [5, 5.41) is 6.65. The van der Waals surface area contributed by atoms with Gasteiger partial charge in [-0.25, -0.2) is 4.98 Å². The molecule has 1 atom stereocenters. The van der Waals surface area contributed by atoms with Crippen LogP contribution in [0.4, 0.5) is 5.69 Å². The Morgan fingerprint density at radius 3 is 3.38 bits per heavy atom. The number of benzene rings is 1. The molecule has 1 unspecified atom stereocenters. The summed E-state index contributed by atoms with van der Waals surface area (Å²) in [7, 11) is 0. The first kappa shape index (κ1) is 10.0. The van der Waals surface area contributed by atoms with Gasteiger partial charge in [-0.2, -0.15) is 0 Å². The van der Waals surface area contributed by atoms with Crippen molar-refractivity contribution in [1.82, 2.24) is 10.3 Å². The van der Waals surface area contributed by atoms with Gasteiger partial charge in [-0.05, 0) is 18.2 Å². The molecule has 5 heteroatoms. The average molecular weight is 235 g/mol. The van der Waals surface area contributed by atoms with Crippen LogP contribution < -0.4 is 10.6 Å². The molecule has 4 nitrogen and oxygen atoms in total. The van der Waals surface area contributed by atoms with E-state index in [2.05, 4.69) is 21.7 Å². The Kier molecular flexibility index (Phi) is 2.73. The summed E-state index contributed by atoms with van der Waals surface area (Å²) in [5.74, 6) is 0. The number of thiazole rings is 1. The van der Waals surface area contributed by atoms with Gasteiger partial charge >= 0.3 is 0 Å². The van der Waals surface area contributed by atoms with E-state index in [0.29, 0.717) is 0 Å². The van der Waals surface area contributed by atoms with E-state index >= 15 is 0 Å². The third-order valence-electron chi connectivity index (χ3n) is 2.59. The van der Waals surface area contributed by atoms with Crippen molar-refractivity contribution >= 4 is 27.2 Å². The molecule has 1 aromatic carbocycles. The lowest BCUT2D eigenvalue weighted by Crippen LogP contribution is -2.42. The SMILES string of the molecule is c1nc2ccc(NC3CNCCO3)cc2s1. The van der Waals surface area contributed by atoms with Crippen molar-refractivity contribution in [2.75, 3.05) is 25.0 Å². The molecule has 0 aliphatic carbocycles. The molecule has 16 heavy (non-hydrogen) atoms. The topological polar surface area (TPSA) is 46.2 Å². The molecule has 2 aromatic rings. The molecule has 2 N–H and O–H groups in total. The van der Waals surface area contributed by atoms with E-state index in [1.807, 2.05) is 17.6 Å². The maximum absolute atomic E-state index is 5.59. The lowest BCUT2D eigenvalue weighted by atomic mass is 10.3. The zero-order chi connectivity index (χ0) is 10.8. The molecule has 0 spiro atoms. The monoisotopic (exact) mass is 235 g/mol. The van der Waals surface area contributed by atoms with E-state index in [1.165, 1.54) is 4.70 Å². The van der Waals surface area contributed by atoms with Gasteiger partial charge in [0, 0.05) is 18.8 Å². The minimum absolute atomic E-state index is 0.0686. The number of nitrogens with one attached hydrogen (secondary N) is 2. The van der Waals surface area contributed by atoms with Crippen molar-refractivity contribution in [1.29, 1.82) is 0 Å². The summed E-state index contributed by atoms with van der Waals surface area (Å²) in [4.78, 5) is 4.25. The van der Waals surface area contributed by atoms with Crippen LogP contribution in [0.15, 0.2) is 23.7 Å². The van der Waals surface area contributed by atoms with Gasteiger partial charge in [0.25, 0.3) is 0 Å². The van der Waals surface area contributed by atoms with E-state index in [0.717, 1.165) is 30.9 Å². The third-order valence-corrected chi connectivity index (χ3v) is 3.38. The van der Waals surface area contributed by atoms with Crippen molar-refractivity contribution in [2.45, 2.75) is 6.23 Å². The van der Waals surface area contributed by atoms with Crippen LogP contribution in [-0.4, -0.2) is 30.9 Å². The molecule has 1 aliphatic rings. The van der Waals surface area contributed by atoms with Crippen LogP contribution in [0, 0.1) is 0 Å². The molecular formula is C11H13N3OS. The second-order valence-electron chi connectivity index (χ2n) is 3.74. The molecule has 1 saturated heterocycles. The highest BCUT2D eigenvalue weighted by Crippen LogP contribution is 2.22. The highest BCUT2D eigenvalue weighted by Gasteiger charge is 2.12. The zero-order valence-corrected chi connectivity index (χ0v) is 9.59. The fraction of sp³-hybridized carbons (Fsp3) is 0.364. The number of aromatic nitrogens is 1. The summed E-state index contributed by atoms with van der Waals surface area (Å²) in [5.41, 5.74) is 4.01. The minimum Gasteiger partial charge on any atom is -0.359 e. The number of hydrogen-bond acceptors (Lipinski definition) is 5. The highest BCUT2D eigenvalue weighted by atomic mass is 32.1. The molecule has 0 bridgehead atoms. The van der Waals surface area contributed by atoms with E-state index in [1.54, 1.807) is 11.3 Å². The quantitative estimate of drug-likeness (QED) is 0.831. The number of fused-ring (bicyclic) bond motifs is 1. The Morgan fingerprint density at radius 1 is 1.50 bits per heavy atom. The Labute approximate surface area is 97.6 Å². The molecular weight excluding hydrogens is 222 g/mol. The maximum atomic E-state index is 5.59. The summed E-state index contributed by atoms with van der Waals surface area (Å²) in [6.07, 6.45) is 0.0686. The van der Waals surface area contributed by atoms with Crippen LogP contribution in [0.1, 0.15) is 0 Å². The van der Waals surface area contributed by atoms with Crippen molar-refractivity contribution in [2.24, 2.45) is 0 Å². The minimum atomic E-state index is 0.0686. The first-order valence-electron chi connectivity index (χ1n) is 5.34. The first-order chi connectivity index (χ1) is 7.92. The van der Waals surface area contributed by atoms with Gasteiger partial charge in [-0.3, -0.25) is 0 Å². The van der Waals surface area contributed by atoms with Gasteiger partial charge in [-0.1, -0.05) is 0 Å². The average Bonchev–Trinajstić information content (AvgIpc) is 2.77. The number of hydrogen-bond donors (Lipinski definition) is 2. The van der Waals surface area contributed by atoms with Crippen LogP contribution in [0.3, 0.4) is 0 Å². The second-order valence-corrected chi connectivity index (χ2v) is 4.63. The summed E-state index contributed by atoms with van der Waals surface area (Å²) < 4.78 is 6.79. The predicted octanol–water partition coefficient (Wildman–Crippen LogP) is 1.65. The Bertz CT molecular complexity index is 479. The summed E-state index contributed by atoms with van der Waals surface area (Å²) >= 11 is 1.66. The molecule has 0 saturated carbocycles. The molecule has 3 rings (SSSR count). The third kappa shape index (κ3) is 2.02. The van der Waals surface area contributed by atoms with Gasteiger partial charge in [-0.15, -0.1) is 11.3 Å². The summed E-state index contributed by atoms with van der Waals surface area (Å²) in [6, 6.07) is 6.19. The lowest BCUT2D eigenvalue weighted by Gasteiger charge is -2.25. The van der Waals surface area contributed by atoms with Gasteiger partial charge in [0.15, 0.2) is 0 Å². The second kappa shape index (κ2) is 4.37. The fourth-order valence-electron chi connectivity index (χ4n) is 1.79. The van der Waals surface area contributed by atoms with Gasteiger partial charge < -0.3 is 15.4 Å². The normalized spacial score (nSPS) is 21.1. The van der Waals surface area contributed by atoms with Crippen molar-refractivity contribution in [3.63, 3.8) is 0 Å². The van der Waals surface area contributed by atoms with Crippen LogP contribution >= 0.6 is 11.3 Å². The number of nitrogens with zero attached hydrogens (tertiary/aromatic N) is 1. The van der Waals surface area contributed by atoms with Gasteiger partial charge in [0.2, 0.25) is 0 Å². The Morgan fingerprint density at radius 2 is 2.50 bits per heavy atom. The number of ether oxygens (including phenoxy) is 1. The lowest BCUT2D eigenvalue weighted by molar-refractivity contribution is 0.0469. The molecule has 2 heterocycles. The van der Waals surface area contributed by atoms with Gasteiger partial charge in [0.05, 0.1) is 22.3 Å². The van der Waals surface area contributed by atoms with Crippen molar-refractivity contribution in [3.05, 3.63) is 23.7 Å². The molecule has 1 fully saturated rings. The van der Waals surface area contributed by atoms with E-state index in [4.69, 9.17) is 4.74 Å². The standard InChI is InChI=1S/C11H13N3OS/c1-2-9-10(16-7-13-9)5-8(1)14-11-6-12-3-4-15-11/h1-2,5,7,11-12,14H,3-4,6H2. The maximum Gasteiger partial charge on any atom is 0.140 e. The molecule has 1 aliphatic heterocycles. The Hall–Kier alpha value is -1.17. The number of anilines is 1. The van der Waals surface area contributed by atoms with Crippen LogP contribution in [0.5, 0.6) is 0 Å². The Balaban J connectivity index is 1.77. The largest absolute Gasteiger partial charge is 0.359 e. The van der Waals surface area contributed by atoms with Crippen LogP contribution in [-0.2, 0) is 4.74 Å². The summed E-state index contributed by atoms with van der Waals surface area (Å²) in [6.45, 7) is 2.55.